The van der Waals surface area contributed by atoms with Crippen LogP contribution in [-0.2, 0) is 18.1 Å². The van der Waals surface area contributed by atoms with E-state index in [1.165, 1.54) is 14.2 Å². The number of carbonyl (C=O) groups is 1. The second-order valence-electron chi connectivity index (χ2n) is 3.33. The molecular weight excluding hydrogens is 212 g/mol. The van der Waals surface area contributed by atoms with Gasteiger partial charge in [-0.15, -0.1) is 0 Å². The molecule has 1 unspecified atom stereocenters. The Bertz CT molecular complexity index is 213. The van der Waals surface area contributed by atoms with Crippen molar-refractivity contribution < 1.29 is 18.1 Å². The van der Waals surface area contributed by atoms with Gasteiger partial charge in [-0.25, -0.2) is 4.79 Å². The Morgan fingerprint density at radius 1 is 1.47 bits per heavy atom. The Morgan fingerprint density at radius 2 is 2.00 bits per heavy atom. The Kier molecular flexibility index (Phi) is 6.47. The molecule has 1 atom stereocenters. The Hall–Kier alpha value is -0.653. The molecule has 0 aliphatic carbocycles. The average molecular weight is 232 g/mol. The number of carbonyl (C=O) groups excluding carboxylic acids is 1. The monoisotopic (exact) mass is 232 g/mol. The molecule has 0 aromatic heterocycles. The molecule has 0 heterocycles. The second kappa shape index (κ2) is 6.76. The van der Waals surface area contributed by atoms with Gasteiger partial charge >= 0.3 is 14.8 Å². The molecule has 0 saturated heterocycles. The fraction of sp³-hybridized carbons (Fsp3) is 0.700. The van der Waals surface area contributed by atoms with Crippen LogP contribution in [0.15, 0.2) is 12.7 Å². The maximum absolute atomic E-state index is 11.2. The average Bonchev–Trinajstić information content (AvgIpc) is 2.26. The van der Waals surface area contributed by atoms with Crippen molar-refractivity contribution in [1.29, 1.82) is 0 Å². The van der Waals surface area contributed by atoms with E-state index in [1.807, 2.05) is 6.92 Å². The lowest BCUT2D eigenvalue weighted by atomic mass is 10.3. The second-order valence-corrected chi connectivity index (χ2v) is 6.54. The van der Waals surface area contributed by atoms with Gasteiger partial charge in [0.25, 0.3) is 0 Å². The molecule has 0 N–H and O–H groups in total. The van der Waals surface area contributed by atoms with Crippen molar-refractivity contribution >= 4 is 14.8 Å². The quantitative estimate of drug-likeness (QED) is 0.498. The summed E-state index contributed by atoms with van der Waals surface area (Å²) in [6.45, 7) is 7.39. The molecule has 0 aromatic rings. The van der Waals surface area contributed by atoms with E-state index >= 15 is 0 Å². The number of rotatable bonds is 7. The lowest BCUT2D eigenvalue weighted by Gasteiger charge is -2.30. The third-order valence-electron chi connectivity index (χ3n) is 2.30. The van der Waals surface area contributed by atoms with Crippen molar-refractivity contribution in [1.82, 2.24) is 0 Å². The zero-order valence-electron chi connectivity index (χ0n) is 9.91. The van der Waals surface area contributed by atoms with Crippen LogP contribution in [0.1, 0.15) is 26.7 Å². The van der Waals surface area contributed by atoms with Crippen molar-refractivity contribution in [3.8, 4) is 0 Å². The van der Waals surface area contributed by atoms with Gasteiger partial charge in [-0.3, -0.25) is 0 Å². The SMILES string of the molecule is C=CC(=O)O[Si](OC)(OC)C(C)CCC. The zero-order chi connectivity index (χ0) is 11.9. The summed E-state index contributed by atoms with van der Waals surface area (Å²) in [6.07, 6.45) is 3.02. The minimum atomic E-state index is -2.87. The fourth-order valence-electron chi connectivity index (χ4n) is 1.46. The standard InChI is InChI=1S/C10H20O4Si/c1-6-8-9(3)15(12-4,13-5)14-10(11)7-2/h7,9H,2,6,8H2,1,3-5H3. The van der Waals surface area contributed by atoms with Gasteiger partial charge in [0.15, 0.2) is 0 Å². The normalized spacial score (nSPS) is 13.3. The molecule has 0 spiro atoms. The lowest BCUT2D eigenvalue weighted by molar-refractivity contribution is -0.133. The van der Waals surface area contributed by atoms with Crippen molar-refractivity contribution in [2.45, 2.75) is 32.2 Å². The first-order valence-electron chi connectivity index (χ1n) is 5.02. The van der Waals surface area contributed by atoms with Crippen LogP contribution >= 0.6 is 0 Å². The minimum absolute atomic E-state index is 0.0985. The smallest absolute Gasteiger partial charge is 0.470 e. The maximum atomic E-state index is 11.2. The van der Waals surface area contributed by atoms with E-state index in [2.05, 4.69) is 13.5 Å². The third-order valence-corrected chi connectivity index (χ3v) is 5.42. The third kappa shape index (κ3) is 3.77. The van der Waals surface area contributed by atoms with Crippen LogP contribution < -0.4 is 0 Å². The first-order chi connectivity index (χ1) is 7.06. The van der Waals surface area contributed by atoms with Gasteiger partial charge < -0.3 is 13.3 Å². The lowest BCUT2D eigenvalue weighted by Crippen LogP contribution is -2.49. The van der Waals surface area contributed by atoms with Crippen molar-refractivity contribution in [3.05, 3.63) is 12.7 Å². The van der Waals surface area contributed by atoms with E-state index in [4.69, 9.17) is 13.3 Å². The molecule has 4 nitrogen and oxygen atoms in total. The summed E-state index contributed by atoms with van der Waals surface area (Å²) < 4.78 is 15.8. The highest BCUT2D eigenvalue weighted by atomic mass is 28.4. The molecule has 5 heteroatoms. The van der Waals surface area contributed by atoms with E-state index in [0.29, 0.717) is 0 Å². The van der Waals surface area contributed by atoms with Crippen LogP contribution in [0.2, 0.25) is 5.54 Å². The van der Waals surface area contributed by atoms with E-state index < -0.39 is 14.8 Å². The van der Waals surface area contributed by atoms with Crippen LogP contribution in [0.4, 0.5) is 0 Å². The van der Waals surface area contributed by atoms with Crippen molar-refractivity contribution in [3.63, 3.8) is 0 Å². The first-order valence-corrected chi connectivity index (χ1v) is 6.82. The summed E-state index contributed by atoms with van der Waals surface area (Å²) in [6, 6.07) is 0. The van der Waals surface area contributed by atoms with E-state index in [0.717, 1.165) is 18.9 Å². The highest BCUT2D eigenvalue weighted by Crippen LogP contribution is 2.28. The van der Waals surface area contributed by atoms with Crippen LogP contribution in [-0.4, -0.2) is 29.0 Å². The zero-order valence-corrected chi connectivity index (χ0v) is 10.9. The predicted molar refractivity (Wildman–Crippen MR) is 60.4 cm³/mol. The summed E-state index contributed by atoms with van der Waals surface area (Å²) >= 11 is 0. The Labute approximate surface area is 92.6 Å². The summed E-state index contributed by atoms with van der Waals surface area (Å²) in [5.41, 5.74) is 0.0985. The molecular formula is C10H20O4Si. The molecule has 0 rings (SSSR count). The van der Waals surface area contributed by atoms with Gasteiger partial charge in [0, 0.05) is 25.8 Å². The summed E-state index contributed by atoms with van der Waals surface area (Å²) in [4.78, 5) is 11.2. The van der Waals surface area contributed by atoms with Crippen LogP contribution in [0.5, 0.6) is 0 Å². The molecule has 0 saturated carbocycles. The maximum Gasteiger partial charge on any atom is 0.570 e. The Morgan fingerprint density at radius 3 is 2.33 bits per heavy atom. The molecule has 0 aliphatic rings. The molecule has 0 fully saturated rings. The Balaban J connectivity index is 4.69. The van der Waals surface area contributed by atoms with Gasteiger partial charge in [0.2, 0.25) is 0 Å². The minimum Gasteiger partial charge on any atom is -0.470 e. The van der Waals surface area contributed by atoms with Crippen LogP contribution in [0.25, 0.3) is 0 Å². The highest BCUT2D eigenvalue weighted by molar-refractivity contribution is 6.64. The number of hydrogen-bond donors (Lipinski definition) is 0. The topological polar surface area (TPSA) is 44.8 Å². The molecule has 0 aliphatic heterocycles. The summed E-state index contributed by atoms with van der Waals surface area (Å²) in [5.74, 6) is -0.492. The van der Waals surface area contributed by atoms with Gasteiger partial charge in [-0.2, -0.15) is 0 Å². The molecule has 88 valence electrons. The van der Waals surface area contributed by atoms with E-state index in [1.54, 1.807) is 0 Å². The summed E-state index contributed by atoms with van der Waals surface area (Å²) in [5, 5.41) is 0. The van der Waals surface area contributed by atoms with Gasteiger partial charge in [-0.1, -0.05) is 26.8 Å². The molecule has 0 amide bonds. The largest absolute Gasteiger partial charge is 0.570 e. The van der Waals surface area contributed by atoms with Crippen LogP contribution in [0.3, 0.4) is 0 Å². The van der Waals surface area contributed by atoms with Gasteiger partial charge in [0.05, 0.1) is 0 Å². The summed E-state index contributed by atoms with van der Waals surface area (Å²) in [7, 11) is 0.152. The predicted octanol–water partition coefficient (Wildman–Crippen LogP) is 2.14. The van der Waals surface area contributed by atoms with E-state index in [-0.39, 0.29) is 5.54 Å². The fourth-order valence-corrected chi connectivity index (χ4v) is 3.81. The van der Waals surface area contributed by atoms with Gasteiger partial charge in [-0.05, 0) is 6.42 Å². The first kappa shape index (κ1) is 14.3. The molecule has 0 aromatic carbocycles. The molecule has 0 bridgehead atoms. The number of hydrogen-bond acceptors (Lipinski definition) is 4. The van der Waals surface area contributed by atoms with Gasteiger partial charge in [0.1, 0.15) is 0 Å². The highest BCUT2D eigenvalue weighted by Gasteiger charge is 2.48. The van der Waals surface area contributed by atoms with Crippen molar-refractivity contribution in [2.24, 2.45) is 0 Å². The van der Waals surface area contributed by atoms with Crippen molar-refractivity contribution in [2.75, 3.05) is 14.2 Å². The molecule has 15 heavy (non-hydrogen) atoms. The molecule has 0 radical (unpaired) electrons. The van der Waals surface area contributed by atoms with Crippen LogP contribution in [0, 0.1) is 0 Å². The van der Waals surface area contributed by atoms with E-state index in [9.17, 15) is 4.79 Å².